The van der Waals surface area contributed by atoms with E-state index in [9.17, 15) is 4.79 Å². The molecule has 8 heteroatoms. The van der Waals surface area contributed by atoms with Gasteiger partial charge in [0, 0.05) is 12.5 Å². The molecular weight excluding hydrogens is 318 g/mol. The third-order valence-electron chi connectivity index (χ3n) is 2.58. The van der Waals surface area contributed by atoms with Gasteiger partial charge in [0.2, 0.25) is 6.29 Å². The Balaban J connectivity index is 2.84. The van der Waals surface area contributed by atoms with Gasteiger partial charge in [-0.1, -0.05) is 5.16 Å². The van der Waals surface area contributed by atoms with E-state index >= 15 is 0 Å². The van der Waals surface area contributed by atoms with Crippen molar-refractivity contribution in [3.8, 4) is 0 Å². The molecule has 0 saturated carbocycles. The molecule has 0 aromatic carbocycles. The van der Waals surface area contributed by atoms with Crippen molar-refractivity contribution in [1.29, 1.82) is 0 Å². The molecular formula is C14H27NO5Si2. The Hall–Kier alpha value is -0.966. The molecule has 1 rings (SSSR count). The number of allylic oxidation sites excluding steroid dienone is 1. The van der Waals surface area contributed by atoms with Crippen LogP contribution >= 0.6 is 0 Å². The molecule has 0 saturated heterocycles. The van der Waals surface area contributed by atoms with Crippen LogP contribution in [0.15, 0.2) is 17.3 Å². The molecule has 0 aromatic rings. The van der Waals surface area contributed by atoms with E-state index in [0.717, 1.165) is 0 Å². The number of carbonyl (C=O) groups is 1. The molecule has 1 aliphatic heterocycles. The van der Waals surface area contributed by atoms with E-state index in [-0.39, 0.29) is 6.10 Å². The predicted octanol–water partition coefficient (Wildman–Crippen LogP) is 2.89. The average Bonchev–Trinajstić information content (AvgIpc) is 2.35. The number of hydrogen-bond donors (Lipinski definition) is 0. The third-order valence-corrected chi connectivity index (χ3v) is 4.52. The highest BCUT2D eigenvalue weighted by molar-refractivity contribution is 6.70. The smallest absolute Gasteiger partial charge is 0.330 e. The summed E-state index contributed by atoms with van der Waals surface area (Å²) in [6.07, 6.45) is 2.76. The van der Waals surface area contributed by atoms with Gasteiger partial charge in [-0.05, 0) is 45.4 Å². The Bertz CT molecular complexity index is 451. The molecule has 2 atom stereocenters. The Morgan fingerprint density at radius 3 is 2.27 bits per heavy atom. The zero-order valence-corrected chi connectivity index (χ0v) is 16.5. The van der Waals surface area contributed by atoms with Gasteiger partial charge in [-0.25, -0.2) is 4.79 Å². The van der Waals surface area contributed by atoms with Crippen molar-refractivity contribution in [3.63, 3.8) is 0 Å². The molecule has 6 nitrogen and oxygen atoms in total. The summed E-state index contributed by atoms with van der Waals surface area (Å²) < 4.78 is 16.8. The lowest BCUT2D eigenvalue weighted by Gasteiger charge is -2.36. The minimum atomic E-state index is -1.78. The average molecular weight is 346 g/mol. The number of nitrogens with zero attached hydrogens (tertiary/aromatic N) is 1. The maximum absolute atomic E-state index is 11.2. The van der Waals surface area contributed by atoms with Crippen LogP contribution in [-0.4, -0.2) is 47.8 Å². The highest BCUT2D eigenvalue weighted by atomic mass is 28.4. The fourth-order valence-electron chi connectivity index (χ4n) is 1.86. The van der Waals surface area contributed by atoms with Gasteiger partial charge in [0.05, 0.1) is 12.8 Å². The standard InChI is InChI=1S/C14H27NO5Si2/c1-17-13(16)9-8-11-10-12(19-21(2,3)4)14(18-15-11)20-22(5,6)7/h8-9,12,14H,10H2,1-7H3/b9-8+. The Morgan fingerprint density at radius 1 is 1.18 bits per heavy atom. The maximum Gasteiger partial charge on any atom is 0.330 e. The van der Waals surface area contributed by atoms with Crippen LogP contribution in [0.25, 0.3) is 0 Å². The zero-order valence-electron chi connectivity index (χ0n) is 14.5. The molecule has 0 radical (unpaired) electrons. The van der Waals surface area contributed by atoms with Crippen molar-refractivity contribution in [2.24, 2.45) is 5.16 Å². The largest absolute Gasteiger partial charge is 0.466 e. The molecule has 0 spiro atoms. The molecule has 126 valence electrons. The van der Waals surface area contributed by atoms with Crippen molar-refractivity contribution < 1.29 is 23.2 Å². The molecule has 0 aliphatic carbocycles. The minimum Gasteiger partial charge on any atom is -0.466 e. The monoisotopic (exact) mass is 345 g/mol. The molecule has 0 amide bonds. The van der Waals surface area contributed by atoms with Crippen molar-refractivity contribution in [1.82, 2.24) is 0 Å². The van der Waals surface area contributed by atoms with Crippen LogP contribution in [-0.2, 0) is 23.2 Å². The predicted molar refractivity (Wildman–Crippen MR) is 90.7 cm³/mol. The second kappa shape index (κ2) is 7.54. The first kappa shape index (κ1) is 19.1. The summed E-state index contributed by atoms with van der Waals surface area (Å²) in [5.41, 5.74) is 0.643. The van der Waals surface area contributed by atoms with Gasteiger partial charge in [-0.2, -0.15) is 0 Å². The Kier molecular flexibility index (Phi) is 6.54. The third kappa shape index (κ3) is 7.34. The second-order valence-corrected chi connectivity index (χ2v) is 16.0. The fraction of sp³-hybridized carbons (Fsp3) is 0.714. The van der Waals surface area contributed by atoms with Crippen LogP contribution in [0.4, 0.5) is 0 Å². The van der Waals surface area contributed by atoms with Gasteiger partial charge in [0.25, 0.3) is 0 Å². The van der Waals surface area contributed by atoms with Crippen LogP contribution in [0.5, 0.6) is 0 Å². The van der Waals surface area contributed by atoms with Gasteiger partial charge < -0.3 is 18.4 Å². The van der Waals surface area contributed by atoms with Gasteiger partial charge in [0.1, 0.15) is 6.10 Å². The first-order valence-electron chi connectivity index (χ1n) is 7.34. The normalized spacial score (nSPS) is 23.1. The summed E-state index contributed by atoms with van der Waals surface area (Å²) in [5, 5.41) is 4.04. The van der Waals surface area contributed by atoms with E-state index in [1.807, 2.05) is 0 Å². The lowest BCUT2D eigenvalue weighted by atomic mass is 10.1. The Labute approximate surface area is 134 Å². The lowest BCUT2D eigenvalue weighted by Crippen LogP contribution is -2.47. The number of hydrogen-bond acceptors (Lipinski definition) is 6. The first-order chi connectivity index (χ1) is 10.00. The minimum absolute atomic E-state index is 0.215. The maximum atomic E-state index is 11.2. The molecule has 1 aliphatic rings. The van der Waals surface area contributed by atoms with Crippen molar-refractivity contribution in [3.05, 3.63) is 12.2 Å². The van der Waals surface area contributed by atoms with E-state index < -0.39 is 28.9 Å². The molecule has 0 aromatic heterocycles. The van der Waals surface area contributed by atoms with Crippen LogP contribution in [0.2, 0.25) is 39.3 Å². The molecule has 0 fully saturated rings. The van der Waals surface area contributed by atoms with Crippen molar-refractivity contribution in [2.75, 3.05) is 7.11 Å². The summed E-state index contributed by atoms with van der Waals surface area (Å²) >= 11 is 0. The van der Waals surface area contributed by atoms with Crippen LogP contribution in [0.3, 0.4) is 0 Å². The summed E-state index contributed by atoms with van der Waals surface area (Å²) in [6, 6.07) is 0. The summed E-state index contributed by atoms with van der Waals surface area (Å²) in [5.74, 6) is -0.425. The summed E-state index contributed by atoms with van der Waals surface area (Å²) in [7, 11) is -2.20. The van der Waals surface area contributed by atoms with Crippen LogP contribution in [0, 0.1) is 0 Å². The number of methoxy groups -OCH3 is 1. The van der Waals surface area contributed by atoms with E-state index in [1.165, 1.54) is 13.2 Å². The molecule has 0 bridgehead atoms. The Morgan fingerprint density at radius 2 is 1.77 bits per heavy atom. The van der Waals surface area contributed by atoms with Gasteiger partial charge in [-0.3, -0.25) is 0 Å². The van der Waals surface area contributed by atoms with Crippen LogP contribution in [0.1, 0.15) is 6.42 Å². The van der Waals surface area contributed by atoms with Crippen molar-refractivity contribution >= 4 is 28.3 Å². The SMILES string of the molecule is COC(=O)/C=C/C1=NOC(O[Si](C)(C)C)C(O[Si](C)(C)C)C1. The number of oxime groups is 1. The van der Waals surface area contributed by atoms with E-state index in [0.29, 0.717) is 12.1 Å². The fourth-order valence-corrected chi connectivity index (χ4v) is 3.85. The first-order valence-corrected chi connectivity index (χ1v) is 14.2. The molecule has 1 heterocycles. The zero-order chi connectivity index (χ0) is 17.0. The second-order valence-electron chi connectivity index (χ2n) is 7.12. The van der Waals surface area contributed by atoms with Gasteiger partial charge in [0.15, 0.2) is 16.6 Å². The summed E-state index contributed by atoms with van der Waals surface area (Å²) in [6.45, 7) is 12.6. The van der Waals surface area contributed by atoms with Gasteiger partial charge in [-0.15, -0.1) is 0 Å². The van der Waals surface area contributed by atoms with Crippen LogP contribution < -0.4 is 0 Å². The quantitative estimate of drug-likeness (QED) is 0.421. The highest BCUT2D eigenvalue weighted by Gasteiger charge is 2.36. The van der Waals surface area contributed by atoms with Crippen molar-refractivity contribution in [2.45, 2.75) is 58.1 Å². The lowest BCUT2D eigenvalue weighted by molar-refractivity contribution is -0.150. The van der Waals surface area contributed by atoms with E-state index in [2.05, 4.69) is 49.2 Å². The highest BCUT2D eigenvalue weighted by Crippen LogP contribution is 2.24. The number of ether oxygens (including phenoxy) is 1. The molecule has 0 N–H and O–H groups in total. The molecule has 22 heavy (non-hydrogen) atoms. The number of esters is 1. The van der Waals surface area contributed by atoms with E-state index in [1.54, 1.807) is 6.08 Å². The summed E-state index contributed by atoms with van der Waals surface area (Å²) in [4.78, 5) is 16.7. The number of rotatable bonds is 6. The topological polar surface area (TPSA) is 66.4 Å². The number of carbonyl (C=O) groups excluding carboxylic acids is 1. The van der Waals surface area contributed by atoms with E-state index in [4.69, 9.17) is 13.7 Å². The molecule has 2 unspecified atom stereocenters. The van der Waals surface area contributed by atoms with Gasteiger partial charge >= 0.3 is 5.97 Å².